The van der Waals surface area contributed by atoms with Crippen LogP contribution >= 0.6 is 11.8 Å². The fraction of sp³-hybridized carbons (Fsp3) is 0.769. The Bertz CT molecular complexity index is 613. The molecule has 0 fully saturated rings. The minimum atomic E-state index is -0.432. The number of ether oxygens (including phenoxy) is 2. The van der Waals surface area contributed by atoms with E-state index in [0.29, 0.717) is 18.8 Å². The maximum Gasteiger partial charge on any atom is 0.310 e. The Kier molecular flexibility index (Phi) is 15.5. The largest absolute Gasteiger partial charge is 0.469 e. The molecule has 1 aliphatic rings. The zero-order valence-electron chi connectivity index (χ0n) is 20.6. The molecule has 0 aliphatic heterocycles. The Morgan fingerprint density at radius 2 is 1.91 bits per heavy atom. The molecule has 0 aromatic carbocycles. The molecule has 6 heteroatoms. The molecular weight excluding hydrogens is 424 g/mol. The van der Waals surface area contributed by atoms with Gasteiger partial charge >= 0.3 is 11.9 Å². The van der Waals surface area contributed by atoms with Gasteiger partial charge in [0.1, 0.15) is 5.76 Å². The van der Waals surface area contributed by atoms with Crippen molar-refractivity contribution < 1.29 is 24.2 Å². The second kappa shape index (κ2) is 17.2. The molecule has 1 N–H and O–H groups in total. The second-order valence-electron chi connectivity index (χ2n) is 8.83. The molecule has 0 aromatic heterocycles. The quantitative estimate of drug-likeness (QED) is 0.148. The molecule has 0 saturated heterocycles. The summed E-state index contributed by atoms with van der Waals surface area (Å²) in [5, 5.41) is 10.5. The van der Waals surface area contributed by atoms with Crippen molar-refractivity contribution in [2.75, 3.05) is 12.9 Å². The van der Waals surface area contributed by atoms with E-state index < -0.39 is 6.10 Å². The molecule has 3 atom stereocenters. The maximum atomic E-state index is 12.1. The fourth-order valence-corrected chi connectivity index (χ4v) is 5.15. The number of hydrogen-bond donors (Lipinski definition) is 1. The molecule has 0 bridgehead atoms. The van der Waals surface area contributed by atoms with Gasteiger partial charge in [0, 0.05) is 30.1 Å². The Balaban J connectivity index is 2.65. The highest BCUT2D eigenvalue weighted by atomic mass is 32.2. The van der Waals surface area contributed by atoms with Crippen LogP contribution in [0.3, 0.4) is 0 Å². The van der Waals surface area contributed by atoms with Crippen LogP contribution in [0.15, 0.2) is 22.8 Å². The van der Waals surface area contributed by atoms with Gasteiger partial charge in [-0.05, 0) is 43.8 Å². The van der Waals surface area contributed by atoms with Gasteiger partial charge in [-0.2, -0.15) is 0 Å². The summed E-state index contributed by atoms with van der Waals surface area (Å²) in [6.45, 7) is 6.37. The minimum Gasteiger partial charge on any atom is -0.469 e. The Morgan fingerprint density at radius 1 is 1.12 bits per heavy atom. The highest BCUT2D eigenvalue weighted by molar-refractivity contribution is 8.03. The zero-order chi connectivity index (χ0) is 23.8. The third-order valence-corrected chi connectivity index (χ3v) is 7.09. The number of allylic oxidation sites excluding steroid dienone is 3. The maximum absolute atomic E-state index is 12.1. The summed E-state index contributed by atoms with van der Waals surface area (Å²) >= 11 is 1.75. The number of unbranched alkanes of at least 4 members (excludes halogenated alkanes) is 3. The number of aliphatic hydroxyl groups excluding tert-OH is 1. The van der Waals surface area contributed by atoms with Crippen LogP contribution in [0, 0.1) is 11.8 Å². The molecule has 0 heterocycles. The van der Waals surface area contributed by atoms with Crippen molar-refractivity contribution in [3.05, 3.63) is 22.8 Å². The summed E-state index contributed by atoms with van der Waals surface area (Å²) in [7, 11) is 1.42. The van der Waals surface area contributed by atoms with Gasteiger partial charge in [-0.15, -0.1) is 11.8 Å². The van der Waals surface area contributed by atoms with Crippen molar-refractivity contribution in [1.82, 2.24) is 0 Å². The van der Waals surface area contributed by atoms with Crippen LogP contribution in [-0.4, -0.2) is 36.0 Å². The number of thioether (sulfide) groups is 1. The minimum absolute atomic E-state index is 0.158. The second-order valence-corrected chi connectivity index (χ2v) is 9.96. The van der Waals surface area contributed by atoms with E-state index in [2.05, 4.69) is 24.7 Å². The van der Waals surface area contributed by atoms with E-state index in [0.717, 1.165) is 67.8 Å². The Morgan fingerprint density at radius 3 is 2.59 bits per heavy atom. The summed E-state index contributed by atoms with van der Waals surface area (Å²) < 4.78 is 10.4. The third-order valence-electron chi connectivity index (χ3n) is 5.76. The van der Waals surface area contributed by atoms with E-state index in [4.69, 9.17) is 4.74 Å². The van der Waals surface area contributed by atoms with Crippen molar-refractivity contribution in [1.29, 1.82) is 0 Å². The summed E-state index contributed by atoms with van der Waals surface area (Å²) in [6.07, 6.45) is 14.1. The molecule has 0 amide bonds. The number of hydrogen-bond acceptors (Lipinski definition) is 6. The van der Waals surface area contributed by atoms with Gasteiger partial charge < -0.3 is 14.6 Å². The van der Waals surface area contributed by atoms with E-state index in [-0.39, 0.29) is 17.9 Å². The van der Waals surface area contributed by atoms with Crippen molar-refractivity contribution in [2.45, 2.75) is 104 Å². The summed E-state index contributed by atoms with van der Waals surface area (Å²) in [5.41, 5.74) is 0. The summed E-state index contributed by atoms with van der Waals surface area (Å²) in [4.78, 5) is 24.4. The lowest BCUT2D eigenvalue weighted by Crippen LogP contribution is -2.09. The highest BCUT2D eigenvalue weighted by Crippen LogP contribution is 2.41. The molecule has 0 unspecified atom stereocenters. The van der Waals surface area contributed by atoms with Gasteiger partial charge in [-0.25, -0.2) is 0 Å². The van der Waals surface area contributed by atoms with Crippen LogP contribution in [0.1, 0.15) is 97.8 Å². The van der Waals surface area contributed by atoms with Crippen LogP contribution in [0.2, 0.25) is 0 Å². The molecule has 1 aliphatic carbocycles. The smallest absolute Gasteiger partial charge is 0.310 e. The van der Waals surface area contributed by atoms with Crippen LogP contribution in [0.25, 0.3) is 0 Å². The van der Waals surface area contributed by atoms with Gasteiger partial charge in [-0.3, -0.25) is 9.59 Å². The van der Waals surface area contributed by atoms with E-state index in [9.17, 15) is 14.7 Å². The predicted molar refractivity (Wildman–Crippen MR) is 132 cm³/mol. The number of aliphatic hydroxyl groups is 1. The Hall–Kier alpha value is -1.27. The van der Waals surface area contributed by atoms with Crippen LogP contribution < -0.4 is 0 Å². The first-order valence-corrected chi connectivity index (χ1v) is 13.4. The molecule has 5 nitrogen and oxygen atoms in total. The molecule has 0 aromatic rings. The van der Waals surface area contributed by atoms with Gasteiger partial charge in [0.2, 0.25) is 0 Å². The van der Waals surface area contributed by atoms with Crippen molar-refractivity contribution >= 4 is 23.7 Å². The first-order chi connectivity index (χ1) is 15.4. The fourth-order valence-electron chi connectivity index (χ4n) is 3.87. The standard InChI is InChI=1S/C26H44O5S/c1-5-7-12-20(3)19-22(27)16-14-21-15-17-23(31-25(29)11-6-2)26(21)32-18-10-8-9-13-24(28)30-4/h14,16,20-22,27H,5-13,15,17-19H2,1-4H3/t20-,21+,22-/m1/s1. The lowest BCUT2D eigenvalue weighted by molar-refractivity contribution is -0.141. The lowest BCUT2D eigenvalue weighted by Gasteiger charge is -2.15. The topological polar surface area (TPSA) is 72.8 Å². The number of rotatable bonds is 17. The number of carbonyl (C=O) groups is 2. The molecule has 184 valence electrons. The zero-order valence-corrected chi connectivity index (χ0v) is 21.4. The SMILES string of the molecule is CCCC[C@@H](C)C[C@H](O)C=C[C@H]1CCC(OC(=O)CCC)=C1SCCCCCC(=O)OC. The van der Waals surface area contributed by atoms with E-state index in [1.807, 2.05) is 13.0 Å². The van der Waals surface area contributed by atoms with E-state index in [1.165, 1.54) is 20.0 Å². The van der Waals surface area contributed by atoms with Gasteiger partial charge in [0.15, 0.2) is 0 Å². The Labute approximate surface area is 199 Å². The first-order valence-electron chi connectivity index (χ1n) is 12.4. The van der Waals surface area contributed by atoms with Crippen molar-refractivity contribution in [3.8, 4) is 0 Å². The normalized spacial score (nSPS) is 18.2. The van der Waals surface area contributed by atoms with Crippen LogP contribution in [0.5, 0.6) is 0 Å². The number of esters is 2. The average molecular weight is 469 g/mol. The molecule has 1 rings (SSSR count). The van der Waals surface area contributed by atoms with Gasteiger partial charge in [-0.1, -0.05) is 58.6 Å². The molecule has 0 radical (unpaired) electrons. The monoisotopic (exact) mass is 468 g/mol. The van der Waals surface area contributed by atoms with Crippen molar-refractivity contribution in [3.63, 3.8) is 0 Å². The first kappa shape index (κ1) is 28.8. The molecule has 0 spiro atoms. The molecule has 32 heavy (non-hydrogen) atoms. The van der Waals surface area contributed by atoms with Crippen molar-refractivity contribution in [2.24, 2.45) is 11.8 Å². The molecule has 0 saturated carbocycles. The summed E-state index contributed by atoms with van der Waals surface area (Å²) in [5.74, 6) is 2.12. The van der Waals surface area contributed by atoms with E-state index >= 15 is 0 Å². The number of methoxy groups -OCH3 is 1. The van der Waals surface area contributed by atoms with E-state index in [1.54, 1.807) is 11.8 Å². The molecular formula is C26H44O5S. The summed E-state index contributed by atoms with van der Waals surface area (Å²) in [6, 6.07) is 0. The predicted octanol–water partition coefficient (Wildman–Crippen LogP) is 6.55. The average Bonchev–Trinajstić information content (AvgIpc) is 3.14. The lowest BCUT2D eigenvalue weighted by atomic mass is 9.96. The van der Waals surface area contributed by atoms with Gasteiger partial charge in [0.05, 0.1) is 13.2 Å². The van der Waals surface area contributed by atoms with Gasteiger partial charge in [0.25, 0.3) is 0 Å². The number of carbonyl (C=O) groups excluding carboxylic acids is 2. The third kappa shape index (κ3) is 12.1. The van der Waals surface area contributed by atoms with Crippen LogP contribution in [-0.2, 0) is 19.1 Å². The highest BCUT2D eigenvalue weighted by Gasteiger charge is 2.27. The van der Waals surface area contributed by atoms with Crippen LogP contribution in [0.4, 0.5) is 0 Å².